The summed E-state index contributed by atoms with van der Waals surface area (Å²) >= 11 is 0. The Labute approximate surface area is 323 Å². The predicted molar refractivity (Wildman–Crippen MR) is 230 cm³/mol. The maximum Gasteiger partial charge on any atom is 0.238 e. The molecule has 0 radical (unpaired) electrons. The lowest BCUT2D eigenvalue weighted by atomic mass is 9.98. The van der Waals surface area contributed by atoms with E-state index in [9.17, 15) is 0 Å². The van der Waals surface area contributed by atoms with E-state index in [0.717, 1.165) is 60.8 Å². The first-order valence-electron chi connectivity index (χ1n) is 18.9. The van der Waals surface area contributed by atoms with E-state index in [-0.39, 0.29) is 0 Å². The summed E-state index contributed by atoms with van der Waals surface area (Å²) in [5, 5.41) is 4.64. The molecule has 0 saturated heterocycles. The molecule has 0 spiro atoms. The second-order valence-electron chi connectivity index (χ2n) is 14.1. The van der Waals surface area contributed by atoms with Crippen LogP contribution in [0.3, 0.4) is 0 Å². The van der Waals surface area contributed by atoms with Gasteiger partial charge in [0.25, 0.3) is 0 Å². The van der Waals surface area contributed by atoms with Crippen LogP contribution in [0.1, 0.15) is 0 Å². The monoisotopic (exact) mass is 715 g/mol. The van der Waals surface area contributed by atoms with Crippen molar-refractivity contribution in [1.82, 2.24) is 24.1 Å². The zero-order valence-corrected chi connectivity index (χ0v) is 30.3. The number of hydrogen-bond acceptors (Lipinski definition) is 3. The number of aromatic nitrogens is 5. The Morgan fingerprint density at radius 1 is 0.286 bits per heavy atom. The van der Waals surface area contributed by atoms with Gasteiger partial charge in [0.2, 0.25) is 5.95 Å². The second kappa shape index (κ2) is 13.0. The molecule has 0 aliphatic carbocycles. The van der Waals surface area contributed by atoms with Gasteiger partial charge in [0, 0.05) is 38.4 Å². The van der Waals surface area contributed by atoms with E-state index in [2.05, 4.69) is 191 Å². The SMILES string of the molecule is c1ccc(-c2cccc(-c3cccc(-c4nc(-c5ccccc5)nc(-n5c6ccccc6c6ccc7c8ccccc8n(-c8ccccc8)c7c65)n4)c3)c2)cc1. The summed E-state index contributed by atoms with van der Waals surface area (Å²) in [6.45, 7) is 0. The summed E-state index contributed by atoms with van der Waals surface area (Å²) in [6, 6.07) is 70.3. The van der Waals surface area contributed by atoms with Crippen molar-refractivity contribution in [2.45, 2.75) is 0 Å². The number of para-hydroxylation sites is 3. The Hall–Kier alpha value is -7.63. The molecule has 0 atom stereocenters. The minimum Gasteiger partial charge on any atom is -0.307 e. The zero-order chi connectivity index (χ0) is 37.0. The molecule has 0 saturated carbocycles. The molecule has 0 amide bonds. The second-order valence-corrected chi connectivity index (χ2v) is 14.1. The number of benzene rings is 8. The average molecular weight is 716 g/mol. The molecular formula is C51H33N5. The Balaban J connectivity index is 1.19. The van der Waals surface area contributed by atoms with E-state index in [1.54, 1.807) is 0 Å². The number of rotatable bonds is 6. The van der Waals surface area contributed by atoms with Gasteiger partial charge in [0.1, 0.15) is 0 Å². The highest BCUT2D eigenvalue weighted by Crippen LogP contribution is 2.41. The van der Waals surface area contributed by atoms with Gasteiger partial charge in [-0.1, -0.05) is 164 Å². The van der Waals surface area contributed by atoms with Gasteiger partial charge < -0.3 is 4.57 Å². The molecule has 5 nitrogen and oxygen atoms in total. The molecule has 0 bridgehead atoms. The highest BCUT2D eigenvalue weighted by atomic mass is 15.2. The van der Waals surface area contributed by atoms with Crippen molar-refractivity contribution in [2.75, 3.05) is 0 Å². The molecule has 11 rings (SSSR count). The summed E-state index contributed by atoms with van der Waals surface area (Å²) in [6.07, 6.45) is 0. The summed E-state index contributed by atoms with van der Waals surface area (Å²) in [5.74, 6) is 1.79. The quantitative estimate of drug-likeness (QED) is 0.172. The van der Waals surface area contributed by atoms with E-state index in [1.807, 2.05) is 18.2 Å². The van der Waals surface area contributed by atoms with Gasteiger partial charge in [-0.25, -0.2) is 4.98 Å². The van der Waals surface area contributed by atoms with Gasteiger partial charge in [-0.3, -0.25) is 4.57 Å². The van der Waals surface area contributed by atoms with E-state index in [1.165, 1.54) is 21.9 Å². The number of hydrogen-bond donors (Lipinski definition) is 0. The molecule has 5 heteroatoms. The molecule has 3 aromatic heterocycles. The molecule has 3 heterocycles. The van der Waals surface area contributed by atoms with Crippen LogP contribution in [0.2, 0.25) is 0 Å². The minimum absolute atomic E-state index is 0.564. The van der Waals surface area contributed by atoms with Crippen LogP contribution in [0.5, 0.6) is 0 Å². The van der Waals surface area contributed by atoms with E-state index in [4.69, 9.17) is 15.0 Å². The van der Waals surface area contributed by atoms with Crippen molar-refractivity contribution in [3.63, 3.8) is 0 Å². The Morgan fingerprint density at radius 3 is 1.34 bits per heavy atom. The largest absolute Gasteiger partial charge is 0.307 e. The van der Waals surface area contributed by atoms with E-state index < -0.39 is 0 Å². The number of fused-ring (bicyclic) bond motifs is 7. The highest BCUT2D eigenvalue weighted by molar-refractivity contribution is 6.23. The fourth-order valence-electron chi connectivity index (χ4n) is 8.21. The molecule has 8 aromatic carbocycles. The van der Waals surface area contributed by atoms with Gasteiger partial charge in [0.05, 0.1) is 22.1 Å². The van der Waals surface area contributed by atoms with Crippen LogP contribution in [0.25, 0.3) is 100 Å². The fraction of sp³-hybridized carbons (Fsp3) is 0. The normalized spacial score (nSPS) is 11.6. The van der Waals surface area contributed by atoms with Gasteiger partial charge in [-0.2, -0.15) is 9.97 Å². The molecule has 0 aliphatic rings. The first kappa shape index (κ1) is 31.9. The van der Waals surface area contributed by atoms with Gasteiger partial charge in [-0.05, 0) is 58.7 Å². The maximum absolute atomic E-state index is 5.37. The minimum atomic E-state index is 0.564. The average Bonchev–Trinajstić information content (AvgIpc) is 3.80. The summed E-state index contributed by atoms with van der Waals surface area (Å²) in [7, 11) is 0. The number of nitrogens with zero attached hydrogens (tertiary/aromatic N) is 5. The molecule has 0 N–H and O–H groups in total. The molecule has 0 unspecified atom stereocenters. The lowest BCUT2D eigenvalue weighted by Crippen LogP contribution is -2.07. The van der Waals surface area contributed by atoms with Gasteiger partial charge >= 0.3 is 0 Å². The van der Waals surface area contributed by atoms with Crippen molar-refractivity contribution >= 4 is 43.6 Å². The summed E-state index contributed by atoms with van der Waals surface area (Å²) in [4.78, 5) is 15.8. The van der Waals surface area contributed by atoms with Crippen molar-refractivity contribution in [3.05, 3.63) is 200 Å². The van der Waals surface area contributed by atoms with Gasteiger partial charge in [0.15, 0.2) is 11.6 Å². The molecule has 262 valence electrons. The van der Waals surface area contributed by atoms with Crippen molar-refractivity contribution in [1.29, 1.82) is 0 Å². The third kappa shape index (κ3) is 5.21. The topological polar surface area (TPSA) is 48.5 Å². The molecule has 56 heavy (non-hydrogen) atoms. The van der Waals surface area contributed by atoms with Crippen LogP contribution in [-0.4, -0.2) is 24.1 Å². The Morgan fingerprint density at radius 2 is 0.714 bits per heavy atom. The third-order valence-electron chi connectivity index (χ3n) is 10.8. The lowest BCUT2D eigenvalue weighted by molar-refractivity contribution is 0.953. The van der Waals surface area contributed by atoms with Crippen LogP contribution in [0, 0.1) is 0 Å². The predicted octanol–water partition coefficient (Wildman–Crippen LogP) is 12.7. The first-order chi connectivity index (χ1) is 27.8. The summed E-state index contributed by atoms with van der Waals surface area (Å²) < 4.78 is 4.63. The van der Waals surface area contributed by atoms with Crippen LogP contribution >= 0.6 is 0 Å². The zero-order valence-electron chi connectivity index (χ0n) is 30.3. The highest BCUT2D eigenvalue weighted by Gasteiger charge is 2.23. The Bertz CT molecular complexity index is 3240. The molecule has 11 aromatic rings. The van der Waals surface area contributed by atoms with Crippen LogP contribution in [0.15, 0.2) is 200 Å². The van der Waals surface area contributed by atoms with Crippen molar-refractivity contribution in [2.24, 2.45) is 0 Å². The van der Waals surface area contributed by atoms with Crippen molar-refractivity contribution < 1.29 is 0 Å². The fourth-order valence-corrected chi connectivity index (χ4v) is 8.21. The smallest absolute Gasteiger partial charge is 0.238 e. The van der Waals surface area contributed by atoms with Crippen molar-refractivity contribution in [3.8, 4) is 56.7 Å². The standard InChI is InChI=1S/C51H33N5/c1-4-16-34(17-5-1)36-20-14-21-37(32-36)38-22-15-23-39(33-38)50-52-49(35-18-6-2-7-19-35)53-51(54-50)56-46-29-13-11-27-42(46)44-31-30-43-41-26-10-12-28-45(41)55(47(43)48(44)56)40-24-8-3-9-25-40/h1-33H. The van der Waals surface area contributed by atoms with Crippen LogP contribution in [-0.2, 0) is 0 Å². The van der Waals surface area contributed by atoms with E-state index in [0.29, 0.717) is 17.6 Å². The molecule has 0 fully saturated rings. The maximum atomic E-state index is 5.37. The van der Waals surface area contributed by atoms with E-state index >= 15 is 0 Å². The van der Waals surface area contributed by atoms with Crippen LogP contribution in [0.4, 0.5) is 0 Å². The molecule has 0 aliphatic heterocycles. The first-order valence-corrected chi connectivity index (χ1v) is 18.9. The third-order valence-corrected chi connectivity index (χ3v) is 10.8. The summed E-state index contributed by atoms with van der Waals surface area (Å²) in [5.41, 5.74) is 11.8. The van der Waals surface area contributed by atoms with Gasteiger partial charge in [-0.15, -0.1) is 0 Å². The van der Waals surface area contributed by atoms with Crippen LogP contribution < -0.4 is 0 Å². The molecular weight excluding hydrogens is 683 g/mol. The Kier molecular flexibility index (Phi) is 7.42. The lowest BCUT2D eigenvalue weighted by Gasteiger charge is -2.13.